The van der Waals surface area contributed by atoms with Crippen molar-refractivity contribution < 1.29 is 63.3 Å². The summed E-state index contributed by atoms with van der Waals surface area (Å²) in [4.78, 5) is 133. The summed E-state index contributed by atoms with van der Waals surface area (Å²) in [5.74, 6) is -10.8. The zero-order valence-electron chi connectivity index (χ0n) is 39.9. The summed E-state index contributed by atoms with van der Waals surface area (Å²) in [6, 6.07) is 7.36. The van der Waals surface area contributed by atoms with E-state index in [0.29, 0.717) is 24.0 Å². The molecule has 0 aliphatic rings. The van der Waals surface area contributed by atoms with Crippen molar-refractivity contribution in [2.75, 3.05) is 13.1 Å². The summed E-state index contributed by atoms with van der Waals surface area (Å²) in [6.45, 7) is 6.73. The van der Waals surface area contributed by atoms with Gasteiger partial charge < -0.3 is 63.3 Å². The predicted molar refractivity (Wildman–Crippen MR) is 255 cm³/mol. The first-order chi connectivity index (χ1) is 33.3. The molecule has 7 amide bonds. The lowest BCUT2D eigenvalue weighted by atomic mass is 9.94. The quantitative estimate of drug-likeness (QED) is 0.0421. The molecule has 0 unspecified atom stereocenters. The third kappa shape index (κ3) is 18.6. The van der Waals surface area contributed by atoms with E-state index in [1.54, 1.807) is 70.3 Å². The molecule has 0 saturated carbocycles. The van der Waals surface area contributed by atoms with Crippen LogP contribution in [0.4, 0.5) is 0 Å². The van der Waals surface area contributed by atoms with Crippen molar-refractivity contribution in [1.29, 1.82) is 0 Å². The van der Waals surface area contributed by atoms with E-state index in [1.807, 2.05) is 18.2 Å². The minimum atomic E-state index is -1.79. The molecule has 22 nitrogen and oxygen atoms in total. The lowest BCUT2D eigenvalue weighted by Crippen LogP contribution is -2.61. The van der Waals surface area contributed by atoms with Crippen LogP contribution in [0, 0.1) is 11.8 Å². The molecule has 0 fully saturated rings. The van der Waals surface area contributed by atoms with E-state index in [2.05, 4.69) is 42.2 Å². The highest BCUT2D eigenvalue weighted by molar-refractivity contribution is 5.98. The van der Waals surface area contributed by atoms with Crippen molar-refractivity contribution in [1.82, 2.24) is 42.2 Å². The van der Waals surface area contributed by atoms with Gasteiger partial charge in [0, 0.05) is 49.3 Å². The number of para-hydroxylation sites is 1. The van der Waals surface area contributed by atoms with E-state index >= 15 is 0 Å². The summed E-state index contributed by atoms with van der Waals surface area (Å²) >= 11 is 0. The highest BCUT2D eigenvalue weighted by Crippen LogP contribution is 2.20. The van der Waals surface area contributed by atoms with E-state index in [9.17, 15) is 58.2 Å². The van der Waals surface area contributed by atoms with Crippen molar-refractivity contribution in [3.8, 4) is 0 Å². The zero-order chi connectivity index (χ0) is 51.9. The molecule has 0 saturated heterocycles. The number of amides is 7. The van der Waals surface area contributed by atoms with Gasteiger partial charge >= 0.3 is 17.9 Å². The number of fused-ring (bicyclic) bond motifs is 1. The van der Waals surface area contributed by atoms with Gasteiger partial charge in [0.1, 0.15) is 36.3 Å². The number of H-pyrrole nitrogens is 1. The van der Waals surface area contributed by atoms with Crippen LogP contribution >= 0.6 is 0 Å². The molecule has 0 bridgehead atoms. The van der Waals surface area contributed by atoms with Crippen LogP contribution in [0.15, 0.2) is 60.8 Å². The number of carbonyl (C=O) groups excluding carboxylic acids is 7. The molecular formula is C48H67N9O13. The molecule has 382 valence electrons. The monoisotopic (exact) mass is 977 g/mol. The first-order valence-corrected chi connectivity index (χ1v) is 23.3. The van der Waals surface area contributed by atoms with Crippen LogP contribution in [0.25, 0.3) is 10.9 Å². The molecule has 0 spiro atoms. The second kappa shape index (κ2) is 28.8. The maximum Gasteiger partial charge on any atom is 0.326 e. The summed E-state index contributed by atoms with van der Waals surface area (Å²) in [5, 5.41) is 47.3. The van der Waals surface area contributed by atoms with Crippen LogP contribution in [-0.2, 0) is 60.8 Å². The number of carboxylic acids is 3. The predicted octanol–water partition coefficient (Wildman–Crippen LogP) is 0.623. The fourth-order valence-electron chi connectivity index (χ4n) is 7.35. The largest absolute Gasteiger partial charge is 0.481 e. The average Bonchev–Trinajstić information content (AvgIpc) is 3.74. The van der Waals surface area contributed by atoms with Crippen LogP contribution in [-0.4, -0.2) is 129 Å². The molecule has 22 heteroatoms. The molecule has 1 aromatic heterocycles. The topological polar surface area (TPSA) is 357 Å². The Morgan fingerprint density at radius 1 is 0.586 bits per heavy atom. The first kappa shape index (κ1) is 57.0. The third-order valence-electron chi connectivity index (χ3n) is 11.8. The molecule has 1 heterocycles. The van der Waals surface area contributed by atoms with Gasteiger partial charge in [-0.05, 0) is 48.4 Å². The molecule has 0 aliphatic carbocycles. The smallest absolute Gasteiger partial charge is 0.326 e. The van der Waals surface area contributed by atoms with Gasteiger partial charge in [-0.2, -0.15) is 0 Å². The number of aromatic nitrogens is 1. The Hall–Kier alpha value is -7.36. The van der Waals surface area contributed by atoms with E-state index in [4.69, 9.17) is 10.8 Å². The van der Waals surface area contributed by atoms with Gasteiger partial charge in [-0.1, -0.05) is 89.1 Å². The number of benzene rings is 2. The second-order valence-electron chi connectivity index (χ2n) is 17.2. The van der Waals surface area contributed by atoms with Crippen molar-refractivity contribution >= 4 is 70.2 Å². The number of aromatic amines is 1. The van der Waals surface area contributed by atoms with Crippen LogP contribution < -0.4 is 43.0 Å². The highest BCUT2D eigenvalue weighted by Gasteiger charge is 2.37. The number of nitrogens with one attached hydrogen (secondary N) is 8. The number of carboxylic acid groups (broad SMARTS) is 3. The molecule has 13 N–H and O–H groups in total. The maximum absolute atomic E-state index is 14.1. The summed E-state index contributed by atoms with van der Waals surface area (Å²) in [7, 11) is 0. The SMILES string of the molecule is CC[C@H](C)[C@H](NC(=O)[C@H](CC(=O)O)NC(=O)[C@H](CCCN)NC(=O)[C@@H](Cc1ccccc1)NC(=O)CCNC(=O)CCC(=O)O)C(=O)N[C@H](C(=O)N[C@@H](Cc1c[nH]c2ccccc12)C(=O)O)[C@@H](C)CC. The standard InChI is InChI=1S/C48H67N9O13/c1-5-27(3)41(46(67)55-36(48(69)70)24-30-26-51-32-16-11-10-15-31(30)32)57-47(68)42(28(4)6-2)56-45(66)35(25-40(62)63)54-43(64)33(17-12-21-49)53-44(65)34(23-29-13-8-7-9-14-29)52-38(59)20-22-50-37(58)18-19-39(60)61/h7-11,13-16,26-28,33-36,41-42,51H,5-6,12,17-25,49H2,1-4H3,(H,50,58)(H,52,59)(H,53,65)(H,54,64)(H,55,67)(H,56,66)(H,57,68)(H,60,61)(H,62,63)(H,69,70)/t27-,28-,33-,34+,35-,36-,41-,42-/m0/s1. The minimum absolute atomic E-state index is 0.0393. The molecule has 0 aliphatic heterocycles. The van der Waals surface area contributed by atoms with Crippen molar-refractivity contribution in [3.63, 3.8) is 0 Å². The Morgan fingerprint density at radius 3 is 1.74 bits per heavy atom. The fourth-order valence-corrected chi connectivity index (χ4v) is 7.35. The highest BCUT2D eigenvalue weighted by atomic mass is 16.4. The average molecular weight is 978 g/mol. The molecule has 8 atom stereocenters. The first-order valence-electron chi connectivity index (χ1n) is 23.3. The van der Waals surface area contributed by atoms with Crippen LogP contribution in [0.1, 0.15) is 90.2 Å². The maximum atomic E-state index is 14.1. The molecule has 0 radical (unpaired) electrons. The van der Waals surface area contributed by atoms with Gasteiger partial charge in [0.05, 0.1) is 12.8 Å². The summed E-state index contributed by atoms with van der Waals surface area (Å²) < 4.78 is 0. The fraction of sp³-hybridized carbons (Fsp3) is 0.500. The third-order valence-corrected chi connectivity index (χ3v) is 11.8. The molecule has 3 rings (SSSR count). The number of nitrogens with two attached hydrogens (primary N) is 1. The zero-order valence-corrected chi connectivity index (χ0v) is 39.9. The van der Waals surface area contributed by atoms with Crippen molar-refractivity contribution in [2.45, 2.75) is 128 Å². The number of aliphatic carboxylic acids is 3. The van der Waals surface area contributed by atoms with Gasteiger partial charge in [0.15, 0.2) is 0 Å². The van der Waals surface area contributed by atoms with E-state index in [-0.39, 0.29) is 51.6 Å². The Labute approximate surface area is 405 Å². The number of rotatable bonds is 31. The minimum Gasteiger partial charge on any atom is -0.481 e. The lowest BCUT2D eigenvalue weighted by molar-refractivity contribution is -0.142. The van der Waals surface area contributed by atoms with Gasteiger partial charge in [0.25, 0.3) is 0 Å². The van der Waals surface area contributed by atoms with E-state index in [0.717, 1.165) is 10.9 Å². The van der Waals surface area contributed by atoms with E-state index in [1.165, 1.54) is 0 Å². The molecule has 70 heavy (non-hydrogen) atoms. The Balaban J connectivity index is 1.80. The number of hydrogen-bond acceptors (Lipinski definition) is 11. The van der Waals surface area contributed by atoms with Crippen LogP contribution in [0.2, 0.25) is 0 Å². The van der Waals surface area contributed by atoms with E-state index < -0.39 is 120 Å². The Bertz CT molecular complexity index is 2290. The van der Waals surface area contributed by atoms with Crippen molar-refractivity contribution in [3.05, 3.63) is 71.9 Å². The Morgan fingerprint density at radius 2 is 1.14 bits per heavy atom. The van der Waals surface area contributed by atoms with Crippen LogP contribution in [0.5, 0.6) is 0 Å². The summed E-state index contributed by atoms with van der Waals surface area (Å²) in [5.41, 5.74) is 7.81. The van der Waals surface area contributed by atoms with Crippen molar-refractivity contribution in [2.24, 2.45) is 17.6 Å². The Kier molecular flexibility index (Phi) is 23.5. The second-order valence-corrected chi connectivity index (χ2v) is 17.2. The molecule has 2 aromatic carbocycles. The van der Waals surface area contributed by atoms with Gasteiger partial charge in [-0.25, -0.2) is 4.79 Å². The van der Waals surface area contributed by atoms with Gasteiger partial charge in [-0.15, -0.1) is 0 Å². The number of carbonyl (C=O) groups is 10. The number of hydrogen-bond donors (Lipinski definition) is 12. The van der Waals surface area contributed by atoms with Gasteiger partial charge in [0.2, 0.25) is 41.4 Å². The summed E-state index contributed by atoms with van der Waals surface area (Å²) in [6.07, 6.45) is 0.423. The van der Waals surface area contributed by atoms with Gasteiger partial charge in [-0.3, -0.25) is 43.2 Å². The lowest BCUT2D eigenvalue weighted by Gasteiger charge is -2.30. The molecular weight excluding hydrogens is 911 g/mol. The normalized spacial score (nSPS) is 14.5. The molecule has 3 aromatic rings. The van der Waals surface area contributed by atoms with Crippen LogP contribution in [0.3, 0.4) is 0 Å².